The Hall–Kier alpha value is -2.32. The van der Waals surface area contributed by atoms with Gasteiger partial charge in [-0.25, -0.2) is 0 Å². The summed E-state index contributed by atoms with van der Waals surface area (Å²) >= 11 is 0. The van der Waals surface area contributed by atoms with E-state index >= 15 is 0 Å². The molecule has 0 saturated carbocycles. The van der Waals surface area contributed by atoms with Crippen LogP contribution in [0.4, 0.5) is 5.69 Å². The average molecular weight is 277 g/mol. The van der Waals surface area contributed by atoms with Gasteiger partial charge >= 0.3 is 0 Å². The molecule has 2 heteroatoms. The third-order valence-corrected chi connectivity index (χ3v) is 3.86. The van der Waals surface area contributed by atoms with E-state index in [2.05, 4.69) is 42.6 Å². The van der Waals surface area contributed by atoms with Gasteiger partial charge in [-0.15, -0.1) is 0 Å². The Morgan fingerprint density at radius 2 is 1.62 bits per heavy atom. The van der Waals surface area contributed by atoms with E-state index < -0.39 is 0 Å². The Morgan fingerprint density at radius 1 is 0.905 bits per heavy atom. The van der Waals surface area contributed by atoms with Crippen molar-refractivity contribution in [1.82, 2.24) is 0 Å². The van der Waals surface area contributed by atoms with Crippen LogP contribution in [-0.4, -0.2) is 11.7 Å². The molecule has 0 aliphatic carbocycles. The topological polar surface area (TPSA) is 32.3 Å². The quantitative estimate of drug-likeness (QED) is 0.745. The van der Waals surface area contributed by atoms with Crippen molar-refractivity contribution in [2.24, 2.45) is 0 Å². The van der Waals surface area contributed by atoms with Gasteiger partial charge in [0.2, 0.25) is 0 Å². The Balaban J connectivity index is 2.01. The highest BCUT2D eigenvalue weighted by atomic mass is 16.3. The molecule has 106 valence electrons. The zero-order valence-corrected chi connectivity index (χ0v) is 12.1. The third kappa shape index (κ3) is 2.76. The van der Waals surface area contributed by atoms with Crippen LogP contribution in [0.25, 0.3) is 10.8 Å². The Kier molecular flexibility index (Phi) is 3.89. The molecule has 21 heavy (non-hydrogen) atoms. The first-order valence-corrected chi connectivity index (χ1v) is 7.20. The fourth-order valence-corrected chi connectivity index (χ4v) is 2.70. The van der Waals surface area contributed by atoms with E-state index in [0.29, 0.717) is 0 Å². The van der Waals surface area contributed by atoms with Crippen LogP contribution in [0.2, 0.25) is 0 Å². The fourth-order valence-electron chi connectivity index (χ4n) is 2.70. The minimum atomic E-state index is -0.114. The molecular formula is C19H19NO. The van der Waals surface area contributed by atoms with Crippen LogP contribution in [0, 0.1) is 6.92 Å². The number of aliphatic hydroxyl groups excluding tert-OH is 1. The van der Waals surface area contributed by atoms with E-state index in [0.717, 1.165) is 11.3 Å². The molecule has 0 aliphatic heterocycles. The van der Waals surface area contributed by atoms with E-state index in [9.17, 15) is 5.11 Å². The van der Waals surface area contributed by atoms with Crippen LogP contribution in [-0.2, 0) is 0 Å². The number of nitrogens with one attached hydrogen (secondary N) is 1. The maximum Gasteiger partial charge on any atom is 0.0751 e. The predicted octanol–water partition coefficient (Wildman–Crippen LogP) is 4.29. The molecule has 3 rings (SSSR count). The Bertz CT molecular complexity index is 746. The zero-order chi connectivity index (χ0) is 14.7. The molecule has 0 spiro atoms. The van der Waals surface area contributed by atoms with Crippen LogP contribution in [0.5, 0.6) is 0 Å². The molecule has 0 heterocycles. The normalized spacial score (nSPS) is 12.3. The first-order chi connectivity index (χ1) is 10.3. The van der Waals surface area contributed by atoms with Crippen LogP contribution in [0.3, 0.4) is 0 Å². The van der Waals surface area contributed by atoms with Crippen LogP contribution in [0.1, 0.15) is 17.2 Å². The lowest BCUT2D eigenvalue weighted by atomic mass is 9.98. The highest BCUT2D eigenvalue weighted by Crippen LogP contribution is 2.27. The molecule has 3 aromatic rings. The van der Waals surface area contributed by atoms with Crippen molar-refractivity contribution in [2.45, 2.75) is 13.0 Å². The summed E-state index contributed by atoms with van der Waals surface area (Å²) in [6.07, 6.45) is 0. The number of rotatable bonds is 4. The first-order valence-electron chi connectivity index (χ1n) is 7.20. The number of anilines is 1. The van der Waals surface area contributed by atoms with Gasteiger partial charge in [0.1, 0.15) is 0 Å². The molecule has 2 nitrogen and oxygen atoms in total. The maximum atomic E-state index is 9.83. The summed E-state index contributed by atoms with van der Waals surface area (Å²) in [4.78, 5) is 0. The standard InChI is InChI=1S/C19H19NO/c1-14-7-2-5-12-18(14)20-19(13-21)17-11-6-9-15-8-3-4-10-16(15)17/h2-12,19-21H,13H2,1H3. The number of fused-ring (bicyclic) bond motifs is 1. The minimum Gasteiger partial charge on any atom is -0.394 e. The van der Waals surface area contributed by atoms with Gasteiger partial charge in [0.05, 0.1) is 12.6 Å². The van der Waals surface area contributed by atoms with E-state index in [1.165, 1.54) is 16.3 Å². The van der Waals surface area contributed by atoms with E-state index in [1.54, 1.807) is 0 Å². The van der Waals surface area contributed by atoms with Crippen LogP contribution in [0.15, 0.2) is 66.7 Å². The number of hydrogen-bond acceptors (Lipinski definition) is 2. The smallest absolute Gasteiger partial charge is 0.0751 e. The van der Waals surface area contributed by atoms with Gasteiger partial charge < -0.3 is 10.4 Å². The molecular weight excluding hydrogens is 258 g/mol. The van der Waals surface area contributed by atoms with Crippen molar-refractivity contribution < 1.29 is 5.11 Å². The number of benzene rings is 3. The number of aryl methyl sites for hydroxylation is 1. The molecule has 2 N–H and O–H groups in total. The van der Waals surface area contributed by atoms with E-state index in [4.69, 9.17) is 0 Å². The lowest BCUT2D eigenvalue weighted by Gasteiger charge is -2.21. The molecule has 0 bridgehead atoms. The second kappa shape index (κ2) is 5.98. The predicted molar refractivity (Wildman–Crippen MR) is 88.6 cm³/mol. The van der Waals surface area contributed by atoms with Crippen molar-refractivity contribution in [1.29, 1.82) is 0 Å². The van der Waals surface area contributed by atoms with Gasteiger partial charge in [-0.2, -0.15) is 0 Å². The number of para-hydroxylation sites is 1. The van der Waals surface area contributed by atoms with Gasteiger partial charge in [-0.05, 0) is 34.9 Å². The molecule has 0 fully saturated rings. The summed E-state index contributed by atoms with van der Waals surface area (Å²) < 4.78 is 0. The summed E-state index contributed by atoms with van der Waals surface area (Å²) in [6.45, 7) is 2.13. The molecule has 1 atom stereocenters. The van der Waals surface area contributed by atoms with E-state index in [1.807, 2.05) is 36.4 Å². The van der Waals surface area contributed by atoms with Gasteiger partial charge in [0.15, 0.2) is 0 Å². The molecule has 0 amide bonds. The largest absolute Gasteiger partial charge is 0.394 e. The van der Waals surface area contributed by atoms with Crippen molar-refractivity contribution in [2.75, 3.05) is 11.9 Å². The molecule has 3 aromatic carbocycles. The van der Waals surface area contributed by atoms with Crippen LogP contribution < -0.4 is 5.32 Å². The summed E-state index contributed by atoms with van der Waals surface area (Å²) in [7, 11) is 0. The molecule has 0 aliphatic rings. The fraction of sp³-hybridized carbons (Fsp3) is 0.158. The van der Waals surface area contributed by atoms with Gasteiger partial charge in [0.25, 0.3) is 0 Å². The molecule has 0 radical (unpaired) electrons. The molecule has 0 saturated heterocycles. The van der Waals surface area contributed by atoms with Gasteiger partial charge in [-0.3, -0.25) is 0 Å². The highest BCUT2D eigenvalue weighted by molar-refractivity contribution is 5.86. The lowest BCUT2D eigenvalue weighted by molar-refractivity contribution is 0.277. The SMILES string of the molecule is Cc1ccccc1NC(CO)c1cccc2ccccc12. The highest BCUT2D eigenvalue weighted by Gasteiger charge is 2.13. The summed E-state index contributed by atoms with van der Waals surface area (Å²) in [6, 6.07) is 22.5. The summed E-state index contributed by atoms with van der Waals surface area (Å²) in [5.74, 6) is 0. The Labute approximate surface area is 125 Å². The summed E-state index contributed by atoms with van der Waals surface area (Å²) in [5.41, 5.74) is 3.36. The number of aliphatic hydroxyl groups is 1. The maximum absolute atomic E-state index is 9.83. The second-order valence-electron chi connectivity index (χ2n) is 5.26. The minimum absolute atomic E-state index is 0.0579. The molecule has 1 unspecified atom stereocenters. The van der Waals surface area contributed by atoms with Gasteiger partial charge in [0, 0.05) is 5.69 Å². The second-order valence-corrected chi connectivity index (χ2v) is 5.26. The van der Waals surface area contributed by atoms with Crippen molar-refractivity contribution in [3.8, 4) is 0 Å². The average Bonchev–Trinajstić information content (AvgIpc) is 2.54. The van der Waals surface area contributed by atoms with Crippen molar-refractivity contribution in [3.05, 3.63) is 77.9 Å². The molecule has 0 aromatic heterocycles. The van der Waals surface area contributed by atoms with E-state index in [-0.39, 0.29) is 12.6 Å². The lowest BCUT2D eigenvalue weighted by Crippen LogP contribution is -2.15. The van der Waals surface area contributed by atoms with Crippen molar-refractivity contribution in [3.63, 3.8) is 0 Å². The zero-order valence-electron chi connectivity index (χ0n) is 12.1. The number of hydrogen-bond donors (Lipinski definition) is 2. The van der Waals surface area contributed by atoms with Crippen LogP contribution >= 0.6 is 0 Å². The first kappa shape index (κ1) is 13.7. The third-order valence-electron chi connectivity index (χ3n) is 3.86. The van der Waals surface area contributed by atoms with Gasteiger partial charge in [-0.1, -0.05) is 60.7 Å². The van der Waals surface area contributed by atoms with Crippen molar-refractivity contribution >= 4 is 16.5 Å². The summed E-state index contributed by atoms with van der Waals surface area (Å²) in [5, 5.41) is 15.7. The Morgan fingerprint density at radius 3 is 2.43 bits per heavy atom. The monoisotopic (exact) mass is 277 g/mol.